The molecule has 0 radical (unpaired) electrons. The largest absolute Gasteiger partial charge is 0.367 e. The summed E-state index contributed by atoms with van der Waals surface area (Å²) >= 11 is 0. The van der Waals surface area contributed by atoms with Crippen LogP contribution in [0.3, 0.4) is 0 Å². The summed E-state index contributed by atoms with van der Waals surface area (Å²) in [5.41, 5.74) is 1.45. The van der Waals surface area contributed by atoms with E-state index in [1.807, 2.05) is 18.5 Å². The number of aromatic amines is 1. The Kier molecular flexibility index (Phi) is 2.86. The minimum atomic E-state index is 0.0500. The van der Waals surface area contributed by atoms with Gasteiger partial charge in [0, 0.05) is 17.8 Å². The fourth-order valence-electron chi connectivity index (χ4n) is 3.34. The second-order valence-electron chi connectivity index (χ2n) is 7.19. The van der Waals surface area contributed by atoms with Crippen molar-refractivity contribution in [2.45, 2.75) is 26.2 Å². The van der Waals surface area contributed by atoms with Crippen LogP contribution in [-0.2, 0) is 5.41 Å². The van der Waals surface area contributed by atoms with Crippen molar-refractivity contribution < 1.29 is 0 Å². The molecule has 0 bridgehead atoms. The van der Waals surface area contributed by atoms with E-state index >= 15 is 0 Å². The molecule has 0 saturated carbocycles. The highest BCUT2D eigenvalue weighted by atomic mass is 16.1. The molecular formula is C21H19NO. The molecular weight excluding hydrogens is 282 g/mol. The molecule has 4 aromatic rings. The van der Waals surface area contributed by atoms with Gasteiger partial charge in [-0.2, -0.15) is 0 Å². The maximum absolute atomic E-state index is 11.9. The number of hydrogen-bond donors (Lipinski definition) is 1. The van der Waals surface area contributed by atoms with Gasteiger partial charge in [-0.3, -0.25) is 4.79 Å². The van der Waals surface area contributed by atoms with Crippen molar-refractivity contribution in [2.75, 3.05) is 0 Å². The fraction of sp³-hybridized carbons (Fsp3) is 0.190. The Morgan fingerprint density at radius 2 is 1.39 bits per heavy atom. The van der Waals surface area contributed by atoms with Crippen LogP contribution in [0.25, 0.3) is 32.3 Å². The lowest BCUT2D eigenvalue weighted by Gasteiger charge is -2.20. The van der Waals surface area contributed by atoms with Crippen LogP contribution < -0.4 is 5.43 Å². The summed E-state index contributed by atoms with van der Waals surface area (Å²) < 4.78 is 0. The molecule has 0 amide bonds. The third kappa shape index (κ3) is 2.14. The molecule has 0 atom stereocenters. The van der Waals surface area contributed by atoms with Gasteiger partial charge in [-0.1, -0.05) is 32.9 Å². The maximum atomic E-state index is 11.9. The number of fused-ring (bicyclic) bond motifs is 6. The van der Waals surface area contributed by atoms with E-state index in [9.17, 15) is 4.79 Å². The first kappa shape index (κ1) is 14.0. The molecule has 0 spiro atoms. The van der Waals surface area contributed by atoms with Gasteiger partial charge < -0.3 is 4.98 Å². The Bertz CT molecular complexity index is 1110. The SMILES string of the molecule is CC(C)(C)c1ccc2c3cc[nH]cc3c3cc(=O)ccc3c2c1. The lowest BCUT2D eigenvalue weighted by atomic mass is 9.84. The Balaban J connectivity index is 2.30. The first-order valence-corrected chi connectivity index (χ1v) is 7.92. The molecule has 1 heterocycles. The van der Waals surface area contributed by atoms with Gasteiger partial charge in [0.25, 0.3) is 0 Å². The number of nitrogens with one attached hydrogen (secondary N) is 1. The van der Waals surface area contributed by atoms with Gasteiger partial charge in [0.1, 0.15) is 0 Å². The summed E-state index contributed by atoms with van der Waals surface area (Å²) in [6.45, 7) is 6.67. The summed E-state index contributed by atoms with van der Waals surface area (Å²) in [6.07, 6.45) is 3.92. The number of hydrogen-bond acceptors (Lipinski definition) is 1. The van der Waals surface area contributed by atoms with E-state index in [2.05, 4.69) is 50.0 Å². The lowest BCUT2D eigenvalue weighted by Crippen LogP contribution is -2.10. The van der Waals surface area contributed by atoms with Gasteiger partial charge >= 0.3 is 0 Å². The standard InChI is InChI=1S/C21H19NO/c1-21(2,3)13-4-6-15-17-8-9-22-12-20(17)19-11-14(23)5-7-16(19)18(15)10-13/h4-12,22H,1-3H3. The zero-order chi connectivity index (χ0) is 16.2. The predicted octanol–water partition coefficient (Wildman–Crippen LogP) is 5.13. The summed E-state index contributed by atoms with van der Waals surface area (Å²) in [5.74, 6) is 0. The second kappa shape index (κ2) is 4.69. The van der Waals surface area contributed by atoms with Crippen LogP contribution in [0.15, 0.2) is 59.7 Å². The number of rotatable bonds is 0. The highest BCUT2D eigenvalue weighted by molar-refractivity contribution is 6.25. The quantitative estimate of drug-likeness (QED) is 0.449. The van der Waals surface area contributed by atoms with E-state index in [1.54, 1.807) is 12.1 Å². The molecule has 23 heavy (non-hydrogen) atoms. The van der Waals surface area contributed by atoms with Crippen LogP contribution in [0.1, 0.15) is 26.3 Å². The Morgan fingerprint density at radius 1 is 0.739 bits per heavy atom. The summed E-state index contributed by atoms with van der Waals surface area (Å²) in [7, 11) is 0. The minimum absolute atomic E-state index is 0.0500. The van der Waals surface area contributed by atoms with Gasteiger partial charge in [0.2, 0.25) is 0 Å². The Hall–Kier alpha value is -2.61. The molecule has 0 aliphatic carbocycles. The number of pyridine rings is 1. The average molecular weight is 301 g/mol. The monoisotopic (exact) mass is 301 g/mol. The number of aromatic nitrogens is 1. The maximum Gasteiger partial charge on any atom is 0.179 e. The first-order valence-electron chi connectivity index (χ1n) is 7.92. The molecule has 0 fully saturated rings. The molecule has 0 saturated heterocycles. The molecule has 2 nitrogen and oxygen atoms in total. The van der Waals surface area contributed by atoms with Crippen molar-refractivity contribution in [1.29, 1.82) is 0 Å². The number of H-pyrrole nitrogens is 1. The van der Waals surface area contributed by atoms with E-state index in [0.717, 1.165) is 16.2 Å². The van der Waals surface area contributed by atoms with Crippen molar-refractivity contribution >= 4 is 32.3 Å². The van der Waals surface area contributed by atoms with Crippen LogP contribution in [-0.4, -0.2) is 4.98 Å². The fourth-order valence-corrected chi connectivity index (χ4v) is 3.34. The third-order valence-electron chi connectivity index (χ3n) is 4.61. The van der Waals surface area contributed by atoms with E-state index < -0.39 is 0 Å². The summed E-state index contributed by atoms with van der Waals surface area (Å²) in [4.78, 5) is 15.0. The molecule has 0 aliphatic heterocycles. The molecule has 4 rings (SSSR count). The van der Waals surface area contributed by atoms with Gasteiger partial charge in [0.15, 0.2) is 5.43 Å². The van der Waals surface area contributed by atoms with E-state index in [-0.39, 0.29) is 10.8 Å². The van der Waals surface area contributed by atoms with Crippen molar-refractivity contribution in [3.05, 3.63) is 70.6 Å². The molecule has 0 aliphatic rings. The molecule has 114 valence electrons. The van der Waals surface area contributed by atoms with Gasteiger partial charge in [-0.05, 0) is 68.2 Å². The molecule has 3 aromatic carbocycles. The van der Waals surface area contributed by atoms with E-state index in [1.165, 1.54) is 21.7 Å². The molecule has 2 heteroatoms. The van der Waals surface area contributed by atoms with E-state index in [4.69, 9.17) is 0 Å². The highest BCUT2D eigenvalue weighted by Gasteiger charge is 2.16. The van der Waals surface area contributed by atoms with Gasteiger partial charge in [-0.25, -0.2) is 0 Å². The van der Waals surface area contributed by atoms with Crippen LogP contribution in [0.2, 0.25) is 0 Å². The average Bonchev–Trinajstić information content (AvgIpc) is 2.53. The van der Waals surface area contributed by atoms with Crippen LogP contribution in [0, 0.1) is 0 Å². The van der Waals surface area contributed by atoms with Crippen molar-refractivity contribution in [3.63, 3.8) is 0 Å². The molecule has 1 aromatic heterocycles. The lowest BCUT2D eigenvalue weighted by molar-refractivity contribution is 0.591. The van der Waals surface area contributed by atoms with Crippen molar-refractivity contribution in [3.8, 4) is 0 Å². The van der Waals surface area contributed by atoms with Crippen molar-refractivity contribution in [2.24, 2.45) is 0 Å². The zero-order valence-corrected chi connectivity index (χ0v) is 13.6. The smallest absolute Gasteiger partial charge is 0.179 e. The number of benzene rings is 3. The first-order chi connectivity index (χ1) is 10.9. The van der Waals surface area contributed by atoms with Crippen LogP contribution in [0.5, 0.6) is 0 Å². The topological polar surface area (TPSA) is 32.9 Å². The molecule has 1 N–H and O–H groups in total. The minimum Gasteiger partial charge on any atom is -0.367 e. The Labute approximate surface area is 134 Å². The zero-order valence-electron chi connectivity index (χ0n) is 13.6. The van der Waals surface area contributed by atoms with Gasteiger partial charge in [0.05, 0.1) is 0 Å². The van der Waals surface area contributed by atoms with Crippen molar-refractivity contribution in [1.82, 2.24) is 4.98 Å². The van der Waals surface area contributed by atoms with E-state index in [0.29, 0.717) is 0 Å². The predicted molar refractivity (Wildman–Crippen MR) is 98.3 cm³/mol. The second-order valence-corrected chi connectivity index (χ2v) is 7.19. The third-order valence-corrected chi connectivity index (χ3v) is 4.61. The van der Waals surface area contributed by atoms with Crippen LogP contribution in [0.4, 0.5) is 0 Å². The Morgan fingerprint density at radius 3 is 2.17 bits per heavy atom. The summed E-state index contributed by atoms with van der Waals surface area (Å²) in [6, 6.07) is 14.1. The van der Waals surface area contributed by atoms with Gasteiger partial charge in [-0.15, -0.1) is 0 Å². The highest BCUT2D eigenvalue weighted by Crippen LogP contribution is 2.36. The van der Waals surface area contributed by atoms with Crippen LogP contribution >= 0.6 is 0 Å². The normalized spacial score (nSPS) is 12.3. The molecule has 0 unspecified atom stereocenters. The summed E-state index contributed by atoms with van der Waals surface area (Å²) in [5, 5.41) is 6.87.